The van der Waals surface area contributed by atoms with Crippen LogP contribution in [0.25, 0.3) is 11.0 Å². The maximum absolute atomic E-state index is 13.2. The Bertz CT molecular complexity index is 1070. The summed E-state index contributed by atoms with van der Waals surface area (Å²) in [7, 11) is 3.20. The van der Waals surface area contributed by atoms with Gasteiger partial charge in [-0.25, -0.2) is 19.6 Å². The number of pyridine rings is 2. The molecule has 9 heteroatoms. The van der Waals surface area contributed by atoms with Crippen molar-refractivity contribution in [2.75, 3.05) is 30.5 Å². The highest BCUT2D eigenvalue weighted by Crippen LogP contribution is 2.31. The zero-order valence-corrected chi connectivity index (χ0v) is 17.5. The van der Waals surface area contributed by atoms with E-state index >= 15 is 0 Å². The number of anilines is 2. The van der Waals surface area contributed by atoms with E-state index in [4.69, 9.17) is 27.9 Å². The fraction of sp³-hybridized carbons (Fsp3) is 0.200. The summed E-state index contributed by atoms with van der Waals surface area (Å²) >= 11 is 11.9. The van der Waals surface area contributed by atoms with Crippen molar-refractivity contribution in [2.24, 2.45) is 0 Å². The van der Waals surface area contributed by atoms with Crippen molar-refractivity contribution in [3.05, 3.63) is 58.3 Å². The first-order valence-corrected chi connectivity index (χ1v) is 9.48. The van der Waals surface area contributed by atoms with E-state index < -0.39 is 5.97 Å². The molecule has 0 aliphatic heterocycles. The lowest BCUT2D eigenvalue weighted by Gasteiger charge is -2.27. The second-order valence-electron chi connectivity index (χ2n) is 6.12. The third-order valence-electron chi connectivity index (χ3n) is 4.29. The van der Waals surface area contributed by atoms with Gasteiger partial charge < -0.3 is 4.74 Å². The lowest BCUT2D eigenvalue weighted by atomic mass is 10.1. The molecule has 2 amide bonds. The predicted molar refractivity (Wildman–Crippen MR) is 114 cm³/mol. The maximum Gasteiger partial charge on any atom is 0.341 e. The van der Waals surface area contributed by atoms with Gasteiger partial charge in [-0.05, 0) is 43.3 Å². The topological polar surface area (TPSA) is 75.6 Å². The number of hydrogen-bond donors (Lipinski definition) is 0. The van der Waals surface area contributed by atoms with Crippen LogP contribution in [0.2, 0.25) is 10.2 Å². The second-order valence-corrected chi connectivity index (χ2v) is 6.95. The average molecular weight is 433 g/mol. The van der Waals surface area contributed by atoms with Crippen LogP contribution in [0.5, 0.6) is 0 Å². The minimum atomic E-state index is -0.583. The number of ether oxygens (including phenoxy) is 1. The Morgan fingerprint density at radius 3 is 2.38 bits per heavy atom. The predicted octanol–water partition coefficient (Wildman–Crippen LogP) is 4.81. The first-order valence-electron chi connectivity index (χ1n) is 8.72. The van der Waals surface area contributed by atoms with Gasteiger partial charge >= 0.3 is 12.0 Å². The fourth-order valence-electron chi connectivity index (χ4n) is 2.86. The van der Waals surface area contributed by atoms with Crippen LogP contribution >= 0.6 is 23.2 Å². The van der Waals surface area contributed by atoms with Crippen LogP contribution in [-0.2, 0) is 4.74 Å². The maximum atomic E-state index is 13.2. The smallest absolute Gasteiger partial charge is 0.341 e. The lowest BCUT2D eigenvalue weighted by molar-refractivity contribution is 0.0527. The molecule has 150 valence electrons. The Hall–Kier alpha value is -2.90. The van der Waals surface area contributed by atoms with Crippen LogP contribution in [0, 0.1) is 0 Å². The monoisotopic (exact) mass is 432 g/mol. The van der Waals surface area contributed by atoms with Gasteiger partial charge in [0.2, 0.25) is 0 Å². The molecular formula is C20H18Cl2N4O3. The molecule has 0 fully saturated rings. The van der Waals surface area contributed by atoms with Crippen molar-refractivity contribution in [3.8, 4) is 0 Å². The quantitative estimate of drug-likeness (QED) is 0.436. The van der Waals surface area contributed by atoms with Crippen molar-refractivity contribution in [1.82, 2.24) is 9.97 Å². The van der Waals surface area contributed by atoms with E-state index in [1.807, 2.05) is 0 Å². The molecule has 0 spiro atoms. The highest BCUT2D eigenvalue weighted by Gasteiger charge is 2.26. The van der Waals surface area contributed by atoms with E-state index in [1.54, 1.807) is 57.4 Å². The highest BCUT2D eigenvalue weighted by molar-refractivity contribution is 6.30. The van der Waals surface area contributed by atoms with Crippen molar-refractivity contribution >= 4 is 57.6 Å². The SMILES string of the molecule is CCOC(=O)c1cnc2nc(Cl)ccc2c1N(C)C(=O)N(C)c1ccc(Cl)cc1. The normalized spacial score (nSPS) is 10.7. The van der Waals surface area contributed by atoms with Crippen LogP contribution < -0.4 is 9.80 Å². The van der Waals surface area contributed by atoms with Crippen molar-refractivity contribution in [3.63, 3.8) is 0 Å². The second kappa shape index (κ2) is 8.63. The summed E-state index contributed by atoms with van der Waals surface area (Å²) in [6.45, 7) is 1.90. The zero-order valence-electron chi connectivity index (χ0n) is 16.0. The van der Waals surface area contributed by atoms with E-state index in [0.29, 0.717) is 27.4 Å². The number of aromatic nitrogens is 2. The van der Waals surface area contributed by atoms with E-state index in [1.165, 1.54) is 16.0 Å². The van der Waals surface area contributed by atoms with Gasteiger partial charge in [-0.2, -0.15) is 0 Å². The van der Waals surface area contributed by atoms with Gasteiger partial charge in [0, 0.05) is 36.4 Å². The zero-order chi connectivity index (χ0) is 21.1. The molecule has 0 N–H and O–H groups in total. The van der Waals surface area contributed by atoms with E-state index in [9.17, 15) is 9.59 Å². The van der Waals surface area contributed by atoms with Crippen molar-refractivity contribution in [1.29, 1.82) is 0 Å². The lowest BCUT2D eigenvalue weighted by Crippen LogP contribution is -2.39. The van der Waals surface area contributed by atoms with Crippen LogP contribution in [0.1, 0.15) is 17.3 Å². The van der Waals surface area contributed by atoms with E-state index in [-0.39, 0.29) is 23.4 Å². The Balaban J connectivity index is 2.09. The summed E-state index contributed by atoms with van der Waals surface area (Å²) in [4.78, 5) is 36.9. The van der Waals surface area contributed by atoms with E-state index in [0.717, 1.165) is 0 Å². The number of urea groups is 1. The summed E-state index contributed by atoms with van der Waals surface area (Å²) in [6.07, 6.45) is 1.34. The number of nitrogens with zero attached hydrogens (tertiary/aromatic N) is 4. The molecule has 0 atom stereocenters. The number of fused-ring (bicyclic) bond motifs is 1. The molecule has 7 nitrogen and oxygen atoms in total. The fourth-order valence-corrected chi connectivity index (χ4v) is 3.12. The summed E-state index contributed by atoms with van der Waals surface area (Å²) in [5.41, 5.74) is 1.45. The molecule has 0 radical (unpaired) electrons. The van der Waals surface area contributed by atoms with Crippen LogP contribution in [0.3, 0.4) is 0 Å². The largest absolute Gasteiger partial charge is 0.462 e. The Kier molecular flexibility index (Phi) is 6.20. The summed E-state index contributed by atoms with van der Waals surface area (Å²) in [6, 6.07) is 9.71. The molecule has 0 bridgehead atoms. The molecular weight excluding hydrogens is 415 g/mol. The van der Waals surface area contributed by atoms with Gasteiger partial charge in [0.1, 0.15) is 10.7 Å². The first kappa shape index (κ1) is 20.8. The van der Waals surface area contributed by atoms with Gasteiger partial charge in [0.25, 0.3) is 0 Å². The molecule has 3 rings (SSSR count). The number of amides is 2. The van der Waals surface area contributed by atoms with Gasteiger partial charge in [0.05, 0.1) is 12.3 Å². The minimum absolute atomic E-state index is 0.156. The Morgan fingerprint density at radius 2 is 1.72 bits per heavy atom. The van der Waals surface area contributed by atoms with Crippen LogP contribution in [-0.4, -0.2) is 42.7 Å². The van der Waals surface area contributed by atoms with Crippen molar-refractivity contribution < 1.29 is 14.3 Å². The standard InChI is InChI=1S/C20H18Cl2N4O3/c1-4-29-19(27)15-11-23-18-14(9-10-16(22)24-18)17(15)26(3)20(28)25(2)13-7-5-12(21)6-8-13/h5-11H,4H2,1-3H3. The molecule has 0 saturated heterocycles. The third kappa shape index (κ3) is 4.26. The van der Waals surface area contributed by atoms with Gasteiger partial charge in [-0.3, -0.25) is 9.80 Å². The Labute approximate surface area is 177 Å². The molecule has 3 aromatic rings. The summed E-state index contributed by atoms with van der Waals surface area (Å²) in [5, 5.41) is 1.32. The van der Waals surface area contributed by atoms with Gasteiger partial charge in [-0.1, -0.05) is 23.2 Å². The molecule has 0 aliphatic carbocycles. The number of carbonyl (C=O) groups is 2. The number of benzene rings is 1. The molecule has 2 heterocycles. The van der Waals surface area contributed by atoms with E-state index in [2.05, 4.69) is 9.97 Å². The first-order chi connectivity index (χ1) is 13.8. The third-order valence-corrected chi connectivity index (χ3v) is 4.75. The molecule has 29 heavy (non-hydrogen) atoms. The molecule has 1 aromatic carbocycles. The number of halogens is 2. The molecule has 0 aliphatic rings. The minimum Gasteiger partial charge on any atom is -0.462 e. The van der Waals surface area contributed by atoms with Gasteiger partial charge in [-0.15, -0.1) is 0 Å². The van der Waals surface area contributed by atoms with Gasteiger partial charge in [0.15, 0.2) is 5.65 Å². The molecule has 2 aromatic heterocycles. The number of hydrogen-bond acceptors (Lipinski definition) is 5. The summed E-state index contributed by atoms with van der Waals surface area (Å²) in [5.74, 6) is -0.583. The van der Waals surface area contributed by atoms with Crippen molar-refractivity contribution in [2.45, 2.75) is 6.92 Å². The summed E-state index contributed by atoms with van der Waals surface area (Å²) < 4.78 is 5.14. The number of rotatable bonds is 4. The highest BCUT2D eigenvalue weighted by atomic mass is 35.5. The van der Waals surface area contributed by atoms with Crippen LogP contribution in [0.15, 0.2) is 42.6 Å². The molecule has 0 saturated carbocycles. The number of carbonyl (C=O) groups excluding carboxylic acids is 2. The average Bonchev–Trinajstić information content (AvgIpc) is 2.71. The van der Waals surface area contributed by atoms with Crippen LogP contribution in [0.4, 0.5) is 16.2 Å². The Morgan fingerprint density at radius 1 is 1.03 bits per heavy atom. The molecule has 0 unspecified atom stereocenters. The number of esters is 1.